The van der Waals surface area contributed by atoms with E-state index in [0.717, 1.165) is 4.90 Å². The van der Waals surface area contributed by atoms with Gasteiger partial charge in [0.2, 0.25) is 5.91 Å². The molecule has 2 aliphatic rings. The summed E-state index contributed by atoms with van der Waals surface area (Å²) in [5.41, 5.74) is -0.297. The molecule has 2 heterocycles. The number of fused-ring (bicyclic) bond motifs is 1. The zero-order chi connectivity index (χ0) is 16.8. The largest absolute Gasteiger partial charge is 0.348 e. The van der Waals surface area contributed by atoms with Crippen molar-refractivity contribution in [1.82, 2.24) is 10.2 Å². The maximum Gasteiger partial charge on any atom is 0.262 e. The molecule has 3 rings (SSSR count). The minimum atomic E-state index is -3.15. The second-order valence-electron chi connectivity index (χ2n) is 6.19. The predicted octanol–water partition coefficient (Wildman–Crippen LogP) is -0.0240. The van der Waals surface area contributed by atoms with Crippen molar-refractivity contribution in [3.63, 3.8) is 0 Å². The van der Waals surface area contributed by atoms with Gasteiger partial charge < -0.3 is 5.32 Å². The molecule has 0 bridgehead atoms. The van der Waals surface area contributed by atoms with Gasteiger partial charge in [-0.1, -0.05) is 12.1 Å². The van der Waals surface area contributed by atoms with Crippen LogP contribution in [0.2, 0.25) is 0 Å². The number of benzene rings is 1. The summed E-state index contributed by atoms with van der Waals surface area (Å²) in [7, 11) is -3.15. The molecule has 1 fully saturated rings. The molecule has 0 saturated carbocycles. The van der Waals surface area contributed by atoms with Gasteiger partial charge in [-0.2, -0.15) is 0 Å². The number of carbonyl (C=O) groups excluding carboxylic acids is 3. The summed E-state index contributed by atoms with van der Waals surface area (Å²) < 4.78 is 23.1. The highest BCUT2D eigenvalue weighted by atomic mass is 32.2. The van der Waals surface area contributed by atoms with Gasteiger partial charge in [0.1, 0.15) is 6.54 Å². The van der Waals surface area contributed by atoms with E-state index < -0.39 is 39.6 Å². The Labute approximate surface area is 133 Å². The Morgan fingerprint density at radius 2 is 1.78 bits per heavy atom. The van der Waals surface area contributed by atoms with Crippen LogP contribution in [0, 0.1) is 0 Å². The molecule has 7 nitrogen and oxygen atoms in total. The Hall–Kier alpha value is -2.22. The van der Waals surface area contributed by atoms with Crippen molar-refractivity contribution in [3.8, 4) is 0 Å². The molecule has 3 amide bonds. The van der Waals surface area contributed by atoms with Crippen LogP contribution in [0.4, 0.5) is 0 Å². The maximum absolute atomic E-state index is 12.2. The number of amides is 3. The topological polar surface area (TPSA) is 101 Å². The van der Waals surface area contributed by atoms with Crippen molar-refractivity contribution in [3.05, 3.63) is 35.4 Å². The third kappa shape index (κ3) is 2.86. The standard InChI is InChI=1S/C15H16N2O5S/c1-15(6-7-23(21,22)9-15)16-12(18)8-17-13(19)10-4-2-3-5-11(10)14(17)20/h2-5H,6-9H2,1H3,(H,16,18). The van der Waals surface area contributed by atoms with E-state index in [4.69, 9.17) is 0 Å². The molecule has 8 heteroatoms. The third-order valence-electron chi connectivity index (χ3n) is 4.12. The van der Waals surface area contributed by atoms with E-state index in [2.05, 4.69) is 5.32 Å². The second-order valence-corrected chi connectivity index (χ2v) is 8.38. The summed E-state index contributed by atoms with van der Waals surface area (Å²) in [6, 6.07) is 6.38. The number of sulfone groups is 1. The van der Waals surface area contributed by atoms with E-state index in [1.165, 1.54) is 0 Å². The van der Waals surface area contributed by atoms with Crippen LogP contribution in [0.15, 0.2) is 24.3 Å². The minimum Gasteiger partial charge on any atom is -0.348 e. The SMILES string of the molecule is CC1(NC(=O)CN2C(=O)c3ccccc3C2=O)CCS(=O)(=O)C1. The molecular formula is C15H16N2O5S. The summed E-state index contributed by atoms with van der Waals surface area (Å²) in [6.45, 7) is 1.24. The van der Waals surface area contributed by atoms with Crippen LogP contribution in [0.3, 0.4) is 0 Å². The van der Waals surface area contributed by atoms with Gasteiger partial charge in [0.25, 0.3) is 11.8 Å². The third-order valence-corrected chi connectivity index (χ3v) is 6.03. The molecule has 1 N–H and O–H groups in total. The number of imide groups is 1. The van der Waals surface area contributed by atoms with Crippen molar-refractivity contribution in [1.29, 1.82) is 0 Å². The number of carbonyl (C=O) groups is 3. The molecule has 2 aliphatic heterocycles. The lowest BCUT2D eigenvalue weighted by molar-refractivity contribution is -0.122. The fourth-order valence-corrected chi connectivity index (χ4v) is 5.10. The quantitative estimate of drug-likeness (QED) is 0.782. The first-order chi connectivity index (χ1) is 10.7. The van der Waals surface area contributed by atoms with Gasteiger partial charge in [0.05, 0.1) is 28.2 Å². The smallest absolute Gasteiger partial charge is 0.262 e. The molecule has 1 aromatic carbocycles. The van der Waals surface area contributed by atoms with Gasteiger partial charge in [-0.15, -0.1) is 0 Å². The molecule has 0 radical (unpaired) electrons. The first-order valence-corrected chi connectivity index (χ1v) is 9.00. The maximum atomic E-state index is 12.2. The van der Waals surface area contributed by atoms with Crippen molar-refractivity contribution in [2.24, 2.45) is 0 Å². The van der Waals surface area contributed by atoms with Gasteiger partial charge in [0.15, 0.2) is 9.84 Å². The molecule has 0 aliphatic carbocycles. The number of nitrogens with one attached hydrogen (secondary N) is 1. The molecule has 1 aromatic rings. The number of rotatable bonds is 3. The van der Waals surface area contributed by atoms with E-state index in [-0.39, 0.29) is 22.6 Å². The fraction of sp³-hybridized carbons (Fsp3) is 0.400. The molecule has 0 aromatic heterocycles. The van der Waals surface area contributed by atoms with Gasteiger partial charge in [-0.25, -0.2) is 8.42 Å². The van der Waals surface area contributed by atoms with Gasteiger partial charge >= 0.3 is 0 Å². The second kappa shape index (κ2) is 5.16. The first kappa shape index (κ1) is 15.7. The van der Waals surface area contributed by atoms with Crippen LogP contribution in [0.5, 0.6) is 0 Å². The van der Waals surface area contributed by atoms with Crippen LogP contribution < -0.4 is 5.32 Å². The van der Waals surface area contributed by atoms with Crippen molar-refractivity contribution in [2.75, 3.05) is 18.1 Å². The Balaban J connectivity index is 1.70. The Kier molecular flexibility index (Phi) is 3.51. The molecule has 1 atom stereocenters. The molecule has 23 heavy (non-hydrogen) atoms. The van der Waals surface area contributed by atoms with Crippen LogP contribution in [0.1, 0.15) is 34.1 Å². The highest BCUT2D eigenvalue weighted by Crippen LogP contribution is 2.24. The molecule has 0 spiro atoms. The predicted molar refractivity (Wildman–Crippen MR) is 81.6 cm³/mol. The number of nitrogens with zero attached hydrogens (tertiary/aromatic N) is 1. The van der Waals surface area contributed by atoms with Crippen molar-refractivity contribution >= 4 is 27.6 Å². The molecule has 122 valence electrons. The van der Waals surface area contributed by atoms with Gasteiger partial charge in [0, 0.05) is 0 Å². The van der Waals surface area contributed by atoms with E-state index in [9.17, 15) is 22.8 Å². The molecular weight excluding hydrogens is 320 g/mol. The number of hydrogen-bond acceptors (Lipinski definition) is 5. The molecule has 1 saturated heterocycles. The summed E-state index contributed by atoms with van der Waals surface area (Å²) in [6.07, 6.45) is 0.323. The van der Waals surface area contributed by atoms with Crippen LogP contribution >= 0.6 is 0 Å². The summed E-state index contributed by atoms with van der Waals surface area (Å²) >= 11 is 0. The Morgan fingerprint density at radius 3 is 2.26 bits per heavy atom. The van der Waals surface area contributed by atoms with Crippen molar-refractivity contribution < 1.29 is 22.8 Å². The highest BCUT2D eigenvalue weighted by molar-refractivity contribution is 7.91. The lowest BCUT2D eigenvalue weighted by atomic mass is 10.0. The summed E-state index contributed by atoms with van der Waals surface area (Å²) in [5.74, 6) is -1.67. The summed E-state index contributed by atoms with van der Waals surface area (Å²) in [5, 5.41) is 2.64. The fourth-order valence-electron chi connectivity index (χ4n) is 3.01. The van der Waals surface area contributed by atoms with Gasteiger partial charge in [-0.05, 0) is 25.5 Å². The van der Waals surface area contributed by atoms with Gasteiger partial charge in [-0.3, -0.25) is 19.3 Å². The lowest BCUT2D eigenvalue weighted by Crippen LogP contribution is -2.51. The number of hydrogen-bond donors (Lipinski definition) is 1. The zero-order valence-electron chi connectivity index (χ0n) is 12.5. The van der Waals surface area contributed by atoms with E-state index in [0.29, 0.717) is 6.42 Å². The van der Waals surface area contributed by atoms with Crippen LogP contribution in [0.25, 0.3) is 0 Å². The van der Waals surface area contributed by atoms with E-state index in [1.54, 1.807) is 31.2 Å². The Morgan fingerprint density at radius 1 is 1.22 bits per heavy atom. The first-order valence-electron chi connectivity index (χ1n) is 7.17. The Bertz CT molecular complexity index is 782. The van der Waals surface area contributed by atoms with E-state index in [1.807, 2.05) is 0 Å². The zero-order valence-corrected chi connectivity index (χ0v) is 13.4. The lowest BCUT2D eigenvalue weighted by Gasteiger charge is -2.25. The summed E-state index contributed by atoms with van der Waals surface area (Å²) in [4.78, 5) is 37.4. The normalized spacial score (nSPS) is 25.5. The highest BCUT2D eigenvalue weighted by Gasteiger charge is 2.41. The van der Waals surface area contributed by atoms with E-state index >= 15 is 0 Å². The minimum absolute atomic E-state index is 0.0246. The monoisotopic (exact) mass is 336 g/mol. The van der Waals surface area contributed by atoms with Crippen molar-refractivity contribution in [2.45, 2.75) is 18.9 Å². The van der Waals surface area contributed by atoms with Crippen LogP contribution in [-0.2, 0) is 14.6 Å². The average Bonchev–Trinajstić information content (AvgIpc) is 2.88. The molecule has 1 unspecified atom stereocenters. The average molecular weight is 336 g/mol. The van der Waals surface area contributed by atoms with Crippen LogP contribution in [-0.4, -0.2) is 54.6 Å².